The fraction of sp³-hybridized carbons (Fsp3) is 0.600. The van der Waals surface area contributed by atoms with Crippen LogP contribution >= 0.6 is 0 Å². The van der Waals surface area contributed by atoms with Crippen LogP contribution in [-0.4, -0.2) is 16.6 Å². The molecule has 0 saturated heterocycles. The summed E-state index contributed by atoms with van der Waals surface area (Å²) in [4.78, 5) is 11.7. The van der Waals surface area contributed by atoms with E-state index in [-0.39, 0.29) is 11.4 Å². The van der Waals surface area contributed by atoms with Gasteiger partial charge in [-0.1, -0.05) is 5.16 Å². The zero-order chi connectivity index (χ0) is 10.9. The predicted octanol–water partition coefficient (Wildman–Crippen LogP) is 1.82. The van der Waals surface area contributed by atoms with Crippen LogP contribution in [0.4, 0.5) is 0 Å². The molecule has 0 fully saturated rings. The first-order valence-electron chi connectivity index (χ1n) is 4.56. The van der Waals surface area contributed by atoms with Crippen molar-refractivity contribution in [2.45, 2.75) is 40.2 Å². The number of amides is 1. The molecule has 0 aliphatic carbocycles. The van der Waals surface area contributed by atoms with Crippen LogP contribution in [0, 0.1) is 13.8 Å². The van der Waals surface area contributed by atoms with Crippen LogP contribution in [0.3, 0.4) is 0 Å². The molecule has 0 atom stereocenters. The van der Waals surface area contributed by atoms with Crippen molar-refractivity contribution in [1.82, 2.24) is 10.5 Å². The second-order valence-corrected chi connectivity index (χ2v) is 4.42. The van der Waals surface area contributed by atoms with E-state index >= 15 is 0 Å². The standard InChI is InChI=1S/C10H16N2O2/c1-6-7(2)14-12-8(6)9(13)11-10(3,4)5/h1-5H3,(H,11,13). The van der Waals surface area contributed by atoms with Gasteiger partial charge in [-0.3, -0.25) is 4.79 Å². The molecule has 4 heteroatoms. The maximum Gasteiger partial charge on any atom is 0.274 e. The maximum atomic E-state index is 11.7. The Morgan fingerprint density at radius 3 is 2.29 bits per heavy atom. The van der Waals surface area contributed by atoms with Crippen molar-refractivity contribution in [3.05, 3.63) is 17.0 Å². The summed E-state index contributed by atoms with van der Waals surface area (Å²) in [5.74, 6) is 0.496. The molecule has 1 rings (SSSR count). The lowest BCUT2D eigenvalue weighted by Gasteiger charge is -2.19. The number of nitrogens with one attached hydrogen (secondary N) is 1. The Hall–Kier alpha value is -1.32. The topological polar surface area (TPSA) is 55.1 Å². The summed E-state index contributed by atoms with van der Waals surface area (Å²) >= 11 is 0. The first-order valence-corrected chi connectivity index (χ1v) is 4.56. The lowest BCUT2D eigenvalue weighted by Crippen LogP contribution is -2.41. The number of carbonyl (C=O) groups is 1. The van der Waals surface area contributed by atoms with Crippen molar-refractivity contribution in [2.75, 3.05) is 0 Å². The highest BCUT2D eigenvalue weighted by molar-refractivity contribution is 5.94. The zero-order valence-electron chi connectivity index (χ0n) is 9.26. The van der Waals surface area contributed by atoms with Gasteiger partial charge in [-0.2, -0.15) is 0 Å². The largest absolute Gasteiger partial charge is 0.361 e. The van der Waals surface area contributed by atoms with Gasteiger partial charge in [-0.25, -0.2) is 0 Å². The van der Waals surface area contributed by atoms with E-state index < -0.39 is 0 Å². The minimum atomic E-state index is -0.254. The van der Waals surface area contributed by atoms with Gasteiger partial charge < -0.3 is 9.84 Å². The third-order valence-corrected chi connectivity index (χ3v) is 1.86. The van der Waals surface area contributed by atoms with Gasteiger partial charge in [0.15, 0.2) is 5.69 Å². The number of aryl methyl sites for hydroxylation is 1. The summed E-state index contributed by atoms with van der Waals surface area (Å²) in [6.45, 7) is 9.38. The predicted molar refractivity (Wildman–Crippen MR) is 53.2 cm³/mol. The van der Waals surface area contributed by atoms with Gasteiger partial charge in [0.25, 0.3) is 5.91 Å². The summed E-state index contributed by atoms with van der Waals surface area (Å²) in [6.07, 6.45) is 0. The van der Waals surface area contributed by atoms with Gasteiger partial charge in [-0.05, 0) is 34.6 Å². The van der Waals surface area contributed by atoms with Gasteiger partial charge >= 0.3 is 0 Å². The highest BCUT2D eigenvalue weighted by Crippen LogP contribution is 2.12. The molecule has 1 aromatic rings. The van der Waals surface area contributed by atoms with E-state index in [1.54, 1.807) is 6.92 Å². The summed E-state index contributed by atoms with van der Waals surface area (Å²) in [5.41, 5.74) is 0.917. The van der Waals surface area contributed by atoms with Crippen molar-refractivity contribution in [3.8, 4) is 0 Å². The van der Waals surface area contributed by atoms with Crippen LogP contribution in [0.25, 0.3) is 0 Å². The second kappa shape index (κ2) is 3.44. The normalized spacial score (nSPS) is 11.5. The Balaban J connectivity index is 2.86. The van der Waals surface area contributed by atoms with E-state index in [1.165, 1.54) is 0 Å². The number of hydrogen-bond donors (Lipinski definition) is 1. The Morgan fingerprint density at radius 1 is 1.36 bits per heavy atom. The first-order chi connectivity index (χ1) is 6.31. The van der Waals surface area contributed by atoms with E-state index in [4.69, 9.17) is 4.52 Å². The van der Waals surface area contributed by atoms with Crippen LogP contribution in [0.1, 0.15) is 42.6 Å². The molecule has 4 nitrogen and oxygen atoms in total. The van der Waals surface area contributed by atoms with Crippen LogP contribution in [0.15, 0.2) is 4.52 Å². The lowest BCUT2D eigenvalue weighted by atomic mass is 10.1. The third kappa shape index (κ3) is 2.34. The smallest absolute Gasteiger partial charge is 0.274 e. The molecule has 0 radical (unpaired) electrons. The van der Waals surface area contributed by atoms with E-state index in [0.29, 0.717) is 11.5 Å². The molecule has 1 heterocycles. The van der Waals surface area contributed by atoms with Gasteiger partial charge in [0, 0.05) is 11.1 Å². The van der Waals surface area contributed by atoms with Gasteiger partial charge in [0.2, 0.25) is 0 Å². The summed E-state index contributed by atoms with van der Waals surface area (Å²) < 4.78 is 4.92. The number of nitrogens with zero attached hydrogens (tertiary/aromatic N) is 1. The molecule has 0 saturated carbocycles. The van der Waals surface area contributed by atoms with Gasteiger partial charge in [0.1, 0.15) is 5.76 Å². The lowest BCUT2D eigenvalue weighted by molar-refractivity contribution is 0.0909. The quantitative estimate of drug-likeness (QED) is 0.745. The van der Waals surface area contributed by atoms with E-state index in [9.17, 15) is 4.79 Å². The zero-order valence-corrected chi connectivity index (χ0v) is 9.26. The Bertz CT molecular complexity index is 347. The van der Waals surface area contributed by atoms with Crippen molar-refractivity contribution in [3.63, 3.8) is 0 Å². The molecule has 1 amide bonds. The SMILES string of the molecule is Cc1onc(C(=O)NC(C)(C)C)c1C. The monoisotopic (exact) mass is 196 g/mol. The van der Waals surface area contributed by atoms with Crippen molar-refractivity contribution < 1.29 is 9.32 Å². The number of rotatable bonds is 1. The van der Waals surface area contributed by atoms with Crippen molar-refractivity contribution in [2.24, 2.45) is 0 Å². The number of hydrogen-bond acceptors (Lipinski definition) is 3. The van der Waals surface area contributed by atoms with Crippen molar-refractivity contribution >= 4 is 5.91 Å². The molecule has 0 aliphatic rings. The first kappa shape index (κ1) is 10.8. The van der Waals surface area contributed by atoms with Crippen LogP contribution in [0.2, 0.25) is 0 Å². The molecular formula is C10H16N2O2. The Kier molecular flexibility index (Phi) is 2.64. The highest BCUT2D eigenvalue weighted by Gasteiger charge is 2.20. The average Bonchev–Trinajstić information content (AvgIpc) is 2.29. The molecule has 0 aliphatic heterocycles. The van der Waals surface area contributed by atoms with Gasteiger partial charge in [0.05, 0.1) is 0 Å². The Morgan fingerprint density at radius 2 is 1.93 bits per heavy atom. The summed E-state index contributed by atoms with van der Waals surface area (Å²) in [7, 11) is 0. The maximum absolute atomic E-state index is 11.7. The van der Waals surface area contributed by atoms with E-state index in [1.807, 2.05) is 27.7 Å². The Labute approximate surface area is 83.7 Å². The average molecular weight is 196 g/mol. The van der Waals surface area contributed by atoms with Crippen molar-refractivity contribution in [1.29, 1.82) is 0 Å². The molecule has 0 unspecified atom stereocenters. The minimum absolute atomic E-state index is 0.188. The van der Waals surface area contributed by atoms with E-state index in [2.05, 4.69) is 10.5 Å². The fourth-order valence-electron chi connectivity index (χ4n) is 1.03. The minimum Gasteiger partial charge on any atom is -0.361 e. The molecule has 78 valence electrons. The molecule has 14 heavy (non-hydrogen) atoms. The highest BCUT2D eigenvalue weighted by atomic mass is 16.5. The number of carbonyl (C=O) groups excluding carboxylic acids is 1. The molecule has 0 bridgehead atoms. The van der Waals surface area contributed by atoms with Gasteiger partial charge in [-0.15, -0.1) is 0 Å². The molecule has 1 aromatic heterocycles. The summed E-state index contributed by atoms with van der Waals surface area (Å²) in [6, 6.07) is 0. The molecule has 0 aromatic carbocycles. The second-order valence-electron chi connectivity index (χ2n) is 4.42. The molecular weight excluding hydrogens is 180 g/mol. The third-order valence-electron chi connectivity index (χ3n) is 1.86. The van der Waals surface area contributed by atoms with E-state index in [0.717, 1.165) is 5.56 Å². The number of aromatic nitrogens is 1. The molecule has 0 spiro atoms. The summed E-state index contributed by atoms with van der Waals surface area (Å²) in [5, 5.41) is 6.54. The van der Waals surface area contributed by atoms with Crippen LogP contribution in [-0.2, 0) is 0 Å². The molecule has 1 N–H and O–H groups in total. The fourth-order valence-corrected chi connectivity index (χ4v) is 1.03. The van der Waals surface area contributed by atoms with Crippen LogP contribution in [0.5, 0.6) is 0 Å². The van der Waals surface area contributed by atoms with Crippen LogP contribution < -0.4 is 5.32 Å².